The molecule has 27 heavy (non-hydrogen) atoms. The number of aliphatic hydroxyl groups is 1. The first-order valence-corrected chi connectivity index (χ1v) is 10.8. The van der Waals surface area contributed by atoms with Crippen LogP contribution in [0.3, 0.4) is 0 Å². The van der Waals surface area contributed by atoms with E-state index < -0.39 is 6.10 Å². The number of aromatic amines is 1. The molecule has 150 valence electrons. The first-order chi connectivity index (χ1) is 13.0. The summed E-state index contributed by atoms with van der Waals surface area (Å²) >= 11 is 1.67. The summed E-state index contributed by atoms with van der Waals surface area (Å²) < 4.78 is 5.34. The van der Waals surface area contributed by atoms with E-state index >= 15 is 0 Å². The van der Waals surface area contributed by atoms with Gasteiger partial charge in [-0.25, -0.2) is 4.98 Å². The second-order valence-corrected chi connectivity index (χ2v) is 8.86. The molecule has 2 N–H and O–H groups in total. The van der Waals surface area contributed by atoms with Crippen molar-refractivity contribution >= 4 is 21.6 Å². The normalized spacial score (nSPS) is 15.2. The summed E-state index contributed by atoms with van der Waals surface area (Å²) in [6, 6.07) is 0. The fourth-order valence-corrected chi connectivity index (χ4v) is 4.89. The van der Waals surface area contributed by atoms with E-state index in [9.17, 15) is 9.90 Å². The summed E-state index contributed by atoms with van der Waals surface area (Å²) in [6.45, 7) is 9.11. The molecule has 1 atom stereocenters. The molecule has 1 aliphatic carbocycles. The molecule has 3 rings (SSSR count). The SMILES string of the molecule is CCOC[C@H](O)CN(CCC(C)C)Cc1nc2sc3c(c2c(=O)[nH]1)CCC3. The minimum Gasteiger partial charge on any atom is -0.389 e. The third kappa shape index (κ3) is 5.16. The van der Waals surface area contributed by atoms with E-state index in [0.717, 1.165) is 42.4 Å². The average Bonchev–Trinajstić information content (AvgIpc) is 3.18. The molecular weight excluding hydrogens is 362 g/mol. The summed E-state index contributed by atoms with van der Waals surface area (Å²) in [7, 11) is 0. The molecule has 7 heteroatoms. The fraction of sp³-hybridized carbons (Fsp3) is 0.700. The van der Waals surface area contributed by atoms with E-state index in [1.165, 1.54) is 10.4 Å². The summed E-state index contributed by atoms with van der Waals surface area (Å²) in [5.74, 6) is 1.26. The van der Waals surface area contributed by atoms with Crippen molar-refractivity contribution in [3.63, 3.8) is 0 Å². The van der Waals surface area contributed by atoms with E-state index in [4.69, 9.17) is 9.72 Å². The lowest BCUT2D eigenvalue weighted by Crippen LogP contribution is -2.36. The van der Waals surface area contributed by atoms with E-state index in [0.29, 0.717) is 38.0 Å². The lowest BCUT2D eigenvalue weighted by atomic mass is 10.1. The van der Waals surface area contributed by atoms with Gasteiger partial charge in [-0.2, -0.15) is 0 Å². The number of H-pyrrole nitrogens is 1. The predicted molar refractivity (Wildman–Crippen MR) is 109 cm³/mol. The Balaban J connectivity index is 1.76. The molecule has 0 saturated carbocycles. The van der Waals surface area contributed by atoms with Crippen LogP contribution in [0.4, 0.5) is 0 Å². The molecule has 0 fully saturated rings. The van der Waals surface area contributed by atoms with Crippen molar-refractivity contribution in [2.75, 3.05) is 26.3 Å². The van der Waals surface area contributed by atoms with Crippen LogP contribution in [0.2, 0.25) is 0 Å². The van der Waals surface area contributed by atoms with Gasteiger partial charge in [0.05, 0.1) is 24.6 Å². The highest BCUT2D eigenvalue weighted by Crippen LogP contribution is 2.34. The average molecular weight is 394 g/mol. The van der Waals surface area contributed by atoms with Crippen molar-refractivity contribution in [1.29, 1.82) is 0 Å². The van der Waals surface area contributed by atoms with Crippen LogP contribution in [0.1, 0.15) is 49.9 Å². The molecule has 2 aromatic heterocycles. The number of aromatic nitrogens is 2. The standard InChI is InChI=1S/C20H31N3O3S/c1-4-26-12-14(24)10-23(9-8-13(2)3)11-17-21-19(25)18-15-6-5-7-16(15)27-20(18)22-17/h13-14,24H,4-12H2,1-3H3,(H,21,22,25)/t14-/m1/s1. The predicted octanol–water partition coefficient (Wildman–Crippen LogP) is 2.72. The van der Waals surface area contributed by atoms with Gasteiger partial charge in [0, 0.05) is 18.0 Å². The summed E-state index contributed by atoms with van der Waals surface area (Å²) in [4.78, 5) is 24.7. The highest BCUT2D eigenvalue weighted by molar-refractivity contribution is 7.18. The van der Waals surface area contributed by atoms with Crippen LogP contribution >= 0.6 is 11.3 Å². The Bertz CT molecular complexity index is 815. The number of fused-ring (bicyclic) bond motifs is 3. The van der Waals surface area contributed by atoms with Gasteiger partial charge in [0.1, 0.15) is 10.7 Å². The van der Waals surface area contributed by atoms with Gasteiger partial charge < -0.3 is 14.8 Å². The minimum absolute atomic E-state index is 0.0203. The molecule has 6 nitrogen and oxygen atoms in total. The van der Waals surface area contributed by atoms with Crippen LogP contribution in [0.5, 0.6) is 0 Å². The Morgan fingerprint density at radius 1 is 1.37 bits per heavy atom. The maximum atomic E-state index is 12.7. The zero-order valence-electron chi connectivity index (χ0n) is 16.6. The number of hydrogen-bond acceptors (Lipinski definition) is 6. The summed E-state index contributed by atoms with van der Waals surface area (Å²) in [5, 5.41) is 11.0. The number of nitrogens with zero attached hydrogens (tertiary/aromatic N) is 2. The van der Waals surface area contributed by atoms with Gasteiger partial charge in [0.25, 0.3) is 5.56 Å². The number of ether oxygens (including phenoxy) is 1. The topological polar surface area (TPSA) is 78.5 Å². The molecule has 0 spiro atoms. The first-order valence-electron chi connectivity index (χ1n) is 9.99. The molecule has 0 radical (unpaired) electrons. The van der Waals surface area contributed by atoms with Gasteiger partial charge in [-0.15, -0.1) is 11.3 Å². The second-order valence-electron chi connectivity index (χ2n) is 7.78. The van der Waals surface area contributed by atoms with Gasteiger partial charge in [-0.05, 0) is 50.6 Å². The molecular formula is C20H31N3O3S. The summed E-state index contributed by atoms with van der Waals surface area (Å²) in [5.41, 5.74) is 1.19. The van der Waals surface area contributed by atoms with Crippen LogP contribution in [0.25, 0.3) is 10.2 Å². The van der Waals surface area contributed by atoms with Crippen LogP contribution in [0.15, 0.2) is 4.79 Å². The fourth-order valence-electron chi connectivity index (χ4n) is 3.61. The van der Waals surface area contributed by atoms with Crippen LogP contribution in [0, 0.1) is 5.92 Å². The van der Waals surface area contributed by atoms with E-state index in [-0.39, 0.29) is 5.56 Å². The lowest BCUT2D eigenvalue weighted by Gasteiger charge is -2.25. The maximum absolute atomic E-state index is 12.7. The molecule has 0 saturated heterocycles. The maximum Gasteiger partial charge on any atom is 0.259 e. The quantitative estimate of drug-likeness (QED) is 0.649. The highest BCUT2D eigenvalue weighted by Gasteiger charge is 2.22. The van der Waals surface area contributed by atoms with Gasteiger partial charge in [-0.3, -0.25) is 9.69 Å². The lowest BCUT2D eigenvalue weighted by molar-refractivity contribution is 0.0183. The largest absolute Gasteiger partial charge is 0.389 e. The molecule has 0 unspecified atom stereocenters. The van der Waals surface area contributed by atoms with Crippen molar-refractivity contribution < 1.29 is 9.84 Å². The van der Waals surface area contributed by atoms with E-state index in [1.54, 1.807) is 11.3 Å². The third-order valence-corrected chi connectivity index (χ3v) is 6.19. The van der Waals surface area contributed by atoms with E-state index in [2.05, 4.69) is 23.7 Å². The zero-order chi connectivity index (χ0) is 19.4. The second kappa shape index (κ2) is 9.28. The van der Waals surface area contributed by atoms with Gasteiger partial charge in [0.15, 0.2) is 0 Å². The number of thiophene rings is 1. The molecule has 0 aromatic carbocycles. The molecule has 0 aliphatic heterocycles. The molecule has 2 aromatic rings. The highest BCUT2D eigenvalue weighted by atomic mass is 32.1. The van der Waals surface area contributed by atoms with Crippen molar-refractivity contribution in [2.24, 2.45) is 5.92 Å². The number of hydrogen-bond donors (Lipinski definition) is 2. The van der Waals surface area contributed by atoms with Gasteiger partial charge >= 0.3 is 0 Å². The monoisotopic (exact) mass is 393 g/mol. The molecule has 1 aliphatic rings. The number of aliphatic hydroxyl groups excluding tert-OH is 1. The summed E-state index contributed by atoms with van der Waals surface area (Å²) in [6.07, 6.45) is 3.68. The number of nitrogens with one attached hydrogen (secondary N) is 1. The molecule has 0 bridgehead atoms. The van der Waals surface area contributed by atoms with Crippen LogP contribution < -0.4 is 5.56 Å². The Hall–Kier alpha value is -1.28. The van der Waals surface area contributed by atoms with Crippen molar-refractivity contribution in [3.8, 4) is 0 Å². The Kier molecular flexibility index (Phi) is 7.03. The minimum atomic E-state index is -0.543. The number of rotatable bonds is 10. The van der Waals surface area contributed by atoms with Gasteiger partial charge in [-0.1, -0.05) is 13.8 Å². The van der Waals surface area contributed by atoms with Gasteiger partial charge in [0.2, 0.25) is 0 Å². The Morgan fingerprint density at radius 2 is 2.19 bits per heavy atom. The molecule has 0 amide bonds. The van der Waals surface area contributed by atoms with E-state index in [1.807, 2.05) is 6.92 Å². The van der Waals surface area contributed by atoms with Crippen molar-refractivity contribution in [1.82, 2.24) is 14.9 Å². The third-order valence-electron chi connectivity index (χ3n) is 5.00. The van der Waals surface area contributed by atoms with Crippen molar-refractivity contribution in [2.45, 2.75) is 59.1 Å². The Morgan fingerprint density at radius 3 is 2.93 bits per heavy atom. The zero-order valence-corrected chi connectivity index (χ0v) is 17.4. The van der Waals surface area contributed by atoms with Crippen LogP contribution in [-0.2, 0) is 24.1 Å². The smallest absolute Gasteiger partial charge is 0.259 e. The van der Waals surface area contributed by atoms with Crippen molar-refractivity contribution in [3.05, 3.63) is 26.6 Å². The number of aryl methyl sites for hydroxylation is 2. The Labute approximate surface area is 164 Å². The first kappa shape index (κ1) is 20.5. The van der Waals surface area contributed by atoms with Crippen LogP contribution in [-0.4, -0.2) is 52.4 Å². The molecule has 2 heterocycles.